The fourth-order valence-electron chi connectivity index (χ4n) is 1.51. The molecule has 7 heteroatoms. The summed E-state index contributed by atoms with van der Waals surface area (Å²) < 4.78 is 10.8. The van der Waals surface area contributed by atoms with Gasteiger partial charge in [0.2, 0.25) is 0 Å². The van der Waals surface area contributed by atoms with Crippen molar-refractivity contribution in [1.29, 1.82) is 5.26 Å². The van der Waals surface area contributed by atoms with Gasteiger partial charge in [-0.25, -0.2) is 10.8 Å². The highest BCUT2D eigenvalue weighted by Crippen LogP contribution is 2.28. The molecule has 0 fully saturated rings. The maximum absolute atomic E-state index is 8.82. The van der Waals surface area contributed by atoms with Crippen LogP contribution in [0.3, 0.4) is 0 Å². The smallest absolute Gasteiger partial charge is 0.162 e. The maximum Gasteiger partial charge on any atom is 0.162 e. The molecule has 0 aliphatic heterocycles. The number of hydrogen-bond donors (Lipinski definition) is 2. The summed E-state index contributed by atoms with van der Waals surface area (Å²) in [6, 6.07) is 6.99. The Morgan fingerprint density at radius 1 is 1.30 bits per heavy atom. The minimum absolute atomic E-state index is 0.236. The summed E-state index contributed by atoms with van der Waals surface area (Å²) in [5.41, 5.74) is 3.55. The fourth-order valence-corrected chi connectivity index (χ4v) is 1.51. The van der Waals surface area contributed by atoms with Gasteiger partial charge in [-0.2, -0.15) is 5.26 Å². The van der Waals surface area contributed by atoms with E-state index in [0.717, 1.165) is 0 Å². The van der Waals surface area contributed by atoms with Gasteiger partial charge in [-0.15, -0.1) is 0 Å². The summed E-state index contributed by atoms with van der Waals surface area (Å²) in [6.07, 6.45) is 3.07. The van der Waals surface area contributed by atoms with Gasteiger partial charge in [0.1, 0.15) is 6.61 Å². The van der Waals surface area contributed by atoms with Crippen LogP contribution >= 0.6 is 0 Å². The summed E-state index contributed by atoms with van der Waals surface area (Å²) in [5, 5.41) is 8.82. The average Bonchev–Trinajstić information content (AvgIpc) is 2.53. The van der Waals surface area contributed by atoms with E-state index in [1.54, 1.807) is 24.4 Å². The number of nitrogens with one attached hydrogen (secondary N) is 1. The Bertz CT molecular complexity index is 622. The van der Waals surface area contributed by atoms with E-state index < -0.39 is 0 Å². The summed E-state index contributed by atoms with van der Waals surface area (Å²) >= 11 is 0. The molecule has 0 bridgehead atoms. The Morgan fingerprint density at radius 2 is 2.15 bits per heavy atom. The average molecular weight is 271 g/mol. The van der Waals surface area contributed by atoms with Gasteiger partial charge in [0.15, 0.2) is 17.3 Å². The number of hydrogen-bond acceptors (Lipinski definition) is 7. The minimum Gasteiger partial charge on any atom is -0.493 e. The first-order valence-corrected chi connectivity index (χ1v) is 5.75. The molecule has 0 radical (unpaired) electrons. The summed E-state index contributed by atoms with van der Waals surface area (Å²) in [5.74, 6) is 6.71. The third-order valence-corrected chi connectivity index (χ3v) is 2.52. The van der Waals surface area contributed by atoms with Crippen LogP contribution in [0.2, 0.25) is 0 Å². The first-order valence-electron chi connectivity index (χ1n) is 5.75. The van der Waals surface area contributed by atoms with Crippen LogP contribution in [0.25, 0.3) is 0 Å². The molecule has 0 aliphatic carbocycles. The molecule has 0 unspecified atom stereocenters. The number of methoxy groups -OCH3 is 1. The van der Waals surface area contributed by atoms with Gasteiger partial charge in [-0.1, -0.05) is 0 Å². The standard InChI is InChI=1S/C13H13N5O2/c1-19-12-4-9(5-14)2-3-11(12)20-8-10-6-17-13(18-15)7-16-10/h2-4,6-7H,8,15H2,1H3,(H,17,18). The summed E-state index contributed by atoms with van der Waals surface area (Å²) in [4.78, 5) is 8.16. The van der Waals surface area contributed by atoms with Crippen molar-refractivity contribution in [2.24, 2.45) is 5.84 Å². The highest BCUT2D eigenvalue weighted by Gasteiger charge is 2.06. The van der Waals surface area contributed by atoms with E-state index >= 15 is 0 Å². The van der Waals surface area contributed by atoms with Crippen LogP contribution < -0.4 is 20.7 Å². The lowest BCUT2D eigenvalue weighted by molar-refractivity contribution is 0.280. The van der Waals surface area contributed by atoms with Crippen molar-refractivity contribution in [2.75, 3.05) is 12.5 Å². The highest BCUT2D eigenvalue weighted by atomic mass is 16.5. The zero-order valence-electron chi connectivity index (χ0n) is 10.8. The molecule has 2 rings (SSSR count). The third kappa shape index (κ3) is 3.13. The molecular weight excluding hydrogens is 258 g/mol. The topological polar surface area (TPSA) is 106 Å². The van der Waals surface area contributed by atoms with Crippen LogP contribution in [0.4, 0.5) is 5.82 Å². The fraction of sp³-hybridized carbons (Fsp3) is 0.154. The molecule has 2 aromatic rings. The lowest BCUT2D eigenvalue weighted by Crippen LogP contribution is -2.09. The second-order valence-electron chi connectivity index (χ2n) is 3.80. The highest BCUT2D eigenvalue weighted by molar-refractivity contribution is 5.46. The zero-order valence-corrected chi connectivity index (χ0v) is 10.8. The van der Waals surface area contributed by atoms with E-state index in [2.05, 4.69) is 15.4 Å². The number of benzene rings is 1. The molecule has 0 aliphatic rings. The van der Waals surface area contributed by atoms with Gasteiger partial charge in [-0.3, -0.25) is 4.98 Å². The van der Waals surface area contributed by atoms with Crippen molar-refractivity contribution < 1.29 is 9.47 Å². The number of rotatable bonds is 5. The minimum atomic E-state index is 0.236. The number of nitrogens with zero attached hydrogens (tertiary/aromatic N) is 3. The molecular formula is C13H13N5O2. The van der Waals surface area contributed by atoms with Crippen LogP contribution in [0, 0.1) is 11.3 Å². The van der Waals surface area contributed by atoms with Gasteiger partial charge < -0.3 is 14.9 Å². The van der Waals surface area contributed by atoms with Gasteiger partial charge in [-0.05, 0) is 12.1 Å². The zero-order chi connectivity index (χ0) is 14.4. The van der Waals surface area contributed by atoms with E-state index in [9.17, 15) is 0 Å². The number of nitrogen functional groups attached to an aromatic ring is 1. The van der Waals surface area contributed by atoms with Gasteiger partial charge in [0, 0.05) is 6.07 Å². The number of nitriles is 1. The van der Waals surface area contributed by atoms with Crippen LogP contribution in [0.1, 0.15) is 11.3 Å². The number of aromatic nitrogens is 2. The number of hydrazine groups is 1. The lowest BCUT2D eigenvalue weighted by atomic mass is 10.2. The molecule has 20 heavy (non-hydrogen) atoms. The van der Waals surface area contributed by atoms with Crippen LogP contribution in [0.5, 0.6) is 11.5 Å². The van der Waals surface area contributed by atoms with E-state index in [-0.39, 0.29) is 6.61 Å². The molecule has 3 N–H and O–H groups in total. The molecule has 1 aromatic carbocycles. The van der Waals surface area contributed by atoms with E-state index in [1.807, 2.05) is 6.07 Å². The van der Waals surface area contributed by atoms with Crippen molar-refractivity contribution in [1.82, 2.24) is 9.97 Å². The maximum atomic E-state index is 8.82. The monoisotopic (exact) mass is 271 g/mol. The van der Waals surface area contributed by atoms with Gasteiger partial charge in [0.25, 0.3) is 0 Å². The molecule has 0 amide bonds. The molecule has 0 spiro atoms. The second kappa shape index (κ2) is 6.36. The van der Waals surface area contributed by atoms with Crippen LogP contribution in [-0.4, -0.2) is 17.1 Å². The van der Waals surface area contributed by atoms with Crippen molar-refractivity contribution >= 4 is 5.82 Å². The Balaban J connectivity index is 2.08. The third-order valence-electron chi connectivity index (χ3n) is 2.52. The predicted molar refractivity (Wildman–Crippen MR) is 71.9 cm³/mol. The molecule has 1 aromatic heterocycles. The van der Waals surface area contributed by atoms with Crippen molar-refractivity contribution in [3.63, 3.8) is 0 Å². The Labute approximate surface area is 116 Å². The molecule has 0 atom stereocenters. The Kier molecular flexibility index (Phi) is 4.32. The van der Waals surface area contributed by atoms with Crippen LogP contribution in [-0.2, 0) is 6.61 Å². The predicted octanol–water partition coefficient (Wildman–Crippen LogP) is 1.22. The molecule has 102 valence electrons. The Morgan fingerprint density at radius 3 is 2.75 bits per heavy atom. The van der Waals surface area contributed by atoms with E-state index in [1.165, 1.54) is 13.3 Å². The molecule has 0 saturated heterocycles. The number of nitrogens with two attached hydrogens (primary N) is 1. The number of anilines is 1. The second-order valence-corrected chi connectivity index (χ2v) is 3.80. The lowest BCUT2D eigenvalue weighted by Gasteiger charge is -2.10. The van der Waals surface area contributed by atoms with Crippen LogP contribution in [0.15, 0.2) is 30.6 Å². The quantitative estimate of drug-likeness (QED) is 0.622. The number of ether oxygens (including phenoxy) is 2. The first-order chi connectivity index (χ1) is 9.76. The SMILES string of the molecule is COc1cc(C#N)ccc1OCc1cnc(NN)cn1. The normalized spacial score (nSPS) is 9.65. The van der Waals surface area contributed by atoms with E-state index in [4.69, 9.17) is 20.6 Å². The van der Waals surface area contributed by atoms with Crippen molar-refractivity contribution in [3.8, 4) is 17.6 Å². The van der Waals surface area contributed by atoms with Gasteiger partial charge in [0.05, 0.1) is 36.8 Å². The molecule has 7 nitrogen and oxygen atoms in total. The van der Waals surface area contributed by atoms with Crippen molar-refractivity contribution in [2.45, 2.75) is 6.61 Å². The van der Waals surface area contributed by atoms with Gasteiger partial charge >= 0.3 is 0 Å². The van der Waals surface area contributed by atoms with E-state index in [0.29, 0.717) is 28.6 Å². The molecule has 0 saturated carbocycles. The first kappa shape index (κ1) is 13.6. The molecule has 1 heterocycles. The largest absolute Gasteiger partial charge is 0.493 e. The summed E-state index contributed by atoms with van der Waals surface area (Å²) in [6.45, 7) is 0.236. The Hall–Kier alpha value is -2.85. The summed E-state index contributed by atoms with van der Waals surface area (Å²) in [7, 11) is 1.52. The van der Waals surface area contributed by atoms with Crippen molar-refractivity contribution in [3.05, 3.63) is 41.9 Å².